The molecular weight excluding hydrogens is 330 g/mol. The molecule has 1 aromatic rings. The number of imide groups is 1. The van der Waals surface area contributed by atoms with Crippen molar-refractivity contribution < 1.29 is 14.4 Å². The summed E-state index contributed by atoms with van der Waals surface area (Å²) in [6.07, 6.45) is 2.92. The number of urea groups is 1. The largest absolute Gasteiger partial charge is 0.342 e. The van der Waals surface area contributed by atoms with Gasteiger partial charge in [0, 0.05) is 26.2 Å². The van der Waals surface area contributed by atoms with E-state index in [0.29, 0.717) is 32.6 Å². The van der Waals surface area contributed by atoms with Crippen molar-refractivity contribution in [1.82, 2.24) is 14.7 Å². The van der Waals surface area contributed by atoms with Crippen molar-refractivity contribution >= 4 is 17.8 Å². The van der Waals surface area contributed by atoms with Crippen LogP contribution in [0.4, 0.5) is 4.79 Å². The SMILES string of the molecule is CCN1C(=O)C2CC3(CCN(C(=O)Cc4ccccc4)CC3)CN2C1=O. The van der Waals surface area contributed by atoms with Crippen molar-refractivity contribution in [3.05, 3.63) is 35.9 Å². The van der Waals surface area contributed by atoms with Gasteiger partial charge >= 0.3 is 6.03 Å². The number of carbonyl (C=O) groups excluding carboxylic acids is 3. The number of nitrogens with zero attached hydrogens (tertiary/aromatic N) is 3. The number of fused-ring (bicyclic) bond motifs is 1. The molecular formula is C20H25N3O3. The highest BCUT2D eigenvalue weighted by Gasteiger charge is 2.56. The van der Waals surface area contributed by atoms with E-state index in [1.807, 2.05) is 42.2 Å². The molecule has 0 radical (unpaired) electrons. The average molecular weight is 355 g/mol. The lowest BCUT2D eigenvalue weighted by Gasteiger charge is -2.39. The van der Waals surface area contributed by atoms with Crippen LogP contribution < -0.4 is 0 Å². The molecule has 6 heteroatoms. The molecule has 1 atom stereocenters. The van der Waals surface area contributed by atoms with Gasteiger partial charge in [0.15, 0.2) is 0 Å². The number of hydrogen-bond acceptors (Lipinski definition) is 3. The first kappa shape index (κ1) is 17.1. The number of rotatable bonds is 3. The number of likely N-dealkylation sites (N-methyl/N-ethyl adjacent to an activating group) is 1. The first-order valence-corrected chi connectivity index (χ1v) is 9.47. The van der Waals surface area contributed by atoms with E-state index < -0.39 is 0 Å². The van der Waals surface area contributed by atoms with Crippen LogP contribution in [0.25, 0.3) is 0 Å². The normalized spacial score (nSPS) is 24.5. The molecule has 1 aromatic carbocycles. The van der Waals surface area contributed by atoms with Crippen LogP contribution >= 0.6 is 0 Å². The summed E-state index contributed by atoms with van der Waals surface area (Å²) in [5, 5.41) is 0. The number of amides is 4. The lowest BCUT2D eigenvalue weighted by atomic mass is 9.76. The fourth-order valence-corrected chi connectivity index (χ4v) is 4.67. The molecule has 3 aliphatic rings. The van der Waals surface area contributed by atoms with Crippen molar-refractivity contribution in [2.24, 2.45) is 5.41 Å². The summed E-state index contributed by atoms with van der Waals surface area (Å²) in [4.78, 5) is 42.4. The molecule has 0 N–H and O–H groups in total. The van der Waals surface area contributed by atoms with E-state index in [4.69, 9.17) is 0 Å². The second-order valence-corrected chi connectivity index (χ2v) is 7.76. The molecule has 0 bridgehead atoms. The third kappa shape index (κ3) is 2.77. The minimum atomic E-state index is -0.283. The molecule has 1 spiro atoms. The average Bonchev–Trinajstić information content (AvgIpc) is 3.11. The summed E-state index contributed by atoms with van der Waals surface area (Å²) in [5.74, 6) is 0.116. The van der Waals surface area contributed by atoms with Gasteiger partial charge in [0.1, 0.15) is 6.04 Å². The van der Waals surface area contributed by atoms with Crippen molar-refractivity contribution in [2.45, 2.75) is 38.6 Å². The molecule has 0 aromatic heterocycles. The Balaban J connectivity index is 1.37. The van der Waals surface area contributed by atoms with E-state index in [-0.39, 0.29) is 29.3 Å². The van der Waals surface area contributed by atoms with Gasteiger partial charge < -0.3 is 9.80 Å². The third-order valence-electron chi connectivity index (χ3n) is 6.23. The van der Waals surface area contributed by atoms with Crippen LogP contribution in [0.1, 0.15) is 31.7 Å². The second-order valence-electron chi connectivity index (χ2n) is 7.76. The Morgan fingerprint density at radius 1 is 1.15 bits per heavy atom. The Morgan fingerprint density at radius 2 is 1.85 bits per heavy atom. The first-order valence-electron chi connectivity index (χ1n) is 9.47. The smallest absolute Gasteiger partial charge is 0.327 e. The van der Waals surface area contributed by atoms with E-state index in [2.05, 4.69) is 0 Å². The van der Waals surface area contributed by atoms with Crippen LogP contribution in [0.15, 0.2) is 30.3 Å². The van der Waals surface area contributed by atoms with Crippen molar-refractivity contribution in [1.29, 1.82) is 0 Å². The maximum absolute atomic E-state index is 12.6. The van der Waals surface area contributed by atoms with Gasteiger partial charge in [-0.15, -0.1) is 0 Å². The van der Waals surface area contributed by atoms with E-state index in [9.17, 15) is 14.4 Å². The first-order chi connectivity index (χ1) is 12.5. The van der Waals surface area contributed by atoms with Gasteiger partial charge in [0.05, 0.1) is 6.42 Å². The van der Waals surface area contributed by atoms with E-state index >= 15 is 0 Å². The van der Waals surface area contributed by atoms with Crippen molar-refractivity contribution in [3.8, 4) is 0 Å². The lowest BCUT2D eigenvalue weighted by molar-refractivity contribution is -0.133. The minimum Gasteiger partial charge on any atom is -0.342 e. The Hall–Kier alpha value is -2.37. The number of piperidine rings is 1. The summed E-state index contributed by atoms with van der Waals surface area (Å²) in [7, 11) is 0. The zero-order valence-corrected chi connectivity index (χ0v) is 15.2. The standard InChI is InChI=1S/C20H25N3O3/c1-2-22-18(25)16-13-20(14-23(16)19(22)26)8-10-21(11-9-20)17(24)12-15-6-4-3-5-7-15/h3-7,16H,2,8-14H2,1H3. The monoisotopic (exact) mass is 355 g/mol. The molecule has 138 valence electrons. The zero-order valence-electron chi connectivity index (χ0n) is 15.2. The molecule has 6 nitrogen and oxygen atoms in total. The topological polar surface area (TPSA) is 60.9 Å². The fourth-order valence-electron chi connectivity index (χ4n) is 4.67. The number of carbonyl (C=O) groups is 3. The molecule has 3 saturated heterocycles. The lowest BCUT2D eigenvalue weighted by Crippen LogP contribution is -2.46. The van der Waals surface area contributed by atoms with Gasteiger partial charge in [-0.1, -0.05) is 30.3 Å². The Labute approximate surface area is 153 Å². The van der Waals surface area contributed by atoms with Gasteiger partial charge in [0.25, 0.3) is 5.91 Å². The summed E-state index contributed by atoms with van der Waals surface area (Å²) in [6.45, 7) is 4.36. The molecule has 3 aliphatic heterocycles. The molecule has 4 rings (SSSR count). The van der Waals surface area contributed by atoms with Crippen LogP contribution in [0.2, 0.25) is 0 Å². The number of likely N-dealkylation sites (tertiary alicyclic amines) is 1. The number of hydrogen-bond donors (Lipinski definition) is 0. The molecule has 1 unspecified atom stereocenters. The quantitative estimate of drug-likeness (QED) is 0.778. The van der Waals surface area contributed by atoms with Crippen molar-refractivity contribution in [2.75, 3.05) is 26.2 Å². The van der Waals surface area contributed by atoms with Crippen LogP contribution in [0.3, 0.4) is 0 Å². The zero-order chi connectivity index (χ0) is 18.3. The molecule has 3 heterocycles. The van der Waals surface area contributed by atoms with Gasteiger partial charge in [-0.25, -0.2) is 4.79 Å². The molecule has 4 amide bonds. The maximum atomic E-state index is 12.6. The Morgan fingerprint density at radius 3 is 2.46 bits per heavy atom. The highest BCUT2D eigenvalue weighted by Crippen LogP contribution is 2.46. The van der Waals surface area contributed by atoms with E-state index in [0.717, 1.165) is 24.8 Å². The van der Waals surface area contributed by atoms with E-state index in [1.165, 1.54) is 4.90 Å². The summed E-state index contributed by atoms with van der Waals surface area (Å²) < 4.78 is 0. The fraction of sp³-hybridized carbons (Fsp3) is 0.550. The van der Waals surface area contributed by atoms with E-state index in [1.54, 1.807) is 4.90 Å². The minimum absolute atomic E-state index is 0.000650. The van der Waals surface area contributed by atoms with Crippen molar-refractivity contribution in [3.63, 3.8) is 0 Å². The maximum Gasteiger partial charge on any atom is 0.327 e. The van der Waals surface area contributed by atoms with Gasteiger partial charge in [-0.2, -0.15) is 0 Å². The van der Waals surface area contributed by atoms with Crippen LogP contribution in [-0.4, -0.2) is 64.8 Å². The van der Waals surface area contributed by atoms with Crippen LogP contribution in [0.5, 0.6) is 0 Å². The Bertz CT molecular complexity index is 699. The Kier molecular flexibility index (Phi) is 4.21. The molecule has 3 fully saturated rings. The predicted molar refractivity (Wildman–Crippen MR) is 96.3 cm³/mol. The van der Waals surface area contributed by atoms with Gasteiger partial charge in [-0.3, -0.25) is 14.5 Å². The summed E-state index contributed by atoms with van der Waals surface area (Å²) in [6, 6.07) is 9.39. The van der Waals surface area contributed by atoms with Gasteiger partial charge in [-0.05, 0) is 37.2 Å². The number of benzene rings is 1. The summed E-state index contributed by atoms with van der Waals surface area (Å²) in [5.41, 5.74) is 1.04. The highest BCUT2D eigenvalue weighted by molar-refractivity contribution is 6.04. The van der Waals surface area contributed by atoms with Crippen LogP contribution in [-0.2, 0) is 16.0 Å². The van der Waals surface area contributed by atoms with Gasteiger partial charge in [0.2, 0.25) is 5.91 Å². The highest BCUT2D eigenvalue weighted by atomic mass is 16.2. The second kappa shape index (κ2) is 6.41. The molecule has 0 saturated carbocycles. The third-order valence-corrected chi connectivity index (χ3v) is 6.23. The predicted octanol–water partition coefficient (Wildman–Crippen LogP) is 1.89. The summed E-state index contributed by atoms with van der Waals surface area (Å²) >= 11 is 0. The molecule has 0 aliphatic carbocycles. The molecule has 26 heavy (non-hydrogen) atoms. The van der Waals surface area contributed by atoms with Crippen LogP contribution in [0, 0.1) is 5.41 Å².